The zero-order valence-corrected chi connectivity index (χ0v) is 11.7. The predicted octanol–water partition coefficient (Wildman–Crippen LogP) is 4.10. The zero-order chi connectivity index (χ0) is 13.6. The van der Waals surface area contributed by atoms with Crippen LogP contribution in [0.3, 0.4) is 0 Å². The molecule has 0 bridgehead atoms. The van der Waals surface area contributed by atoms with E-state index in [0.717, 1.165) is 0 Å². The largest absolute Gasteiger partial charge is 0.442 e. The molecular formula is C13H24FNO2. The van der Waals surface area contributed by atoms with Crippen LogP contribution < -0.4 is 0 Å². The van der Waals surface area contributed by atoms with E-state index < -0.39 is 17.7 Å². The molecule has 0 N–H and O–H groups in total. The lowest BCUT2D eigenvalue weighted by molar-refractivity contribution is -0.0609. The Balaban J connectivity index is 4.60. The minimum atomic E-state index is -0.916. The van der Waals surface area contributed by atoms with Crippen molar-refractivity contribution >= 4 is 6.09 Å². The molecule has 0 aromatic rings. The molecule has 0 heterocycles. The van der Waals surface area contributed by atoms with E-state index in [4.69, 9.17) is 4.74 Å². The molecule has 0 fully saturated rings. The number of carbonyl (C=O) groups is 1. The van der Waals surface area contributed by atoms with Crippen molar-refractivity contribution in [2.75, 3.05) is 0 Å². The summed E-state index contributed by atoms with van der Waals surface area (Å²) in [4.78, 5) is 11.6. The highest BCUT2D eigenvalue weighted by Gasteiger charge is 2.29. The van der Waals surface area contributed by atoms with Crippen LogP contribution >= 0.6 is 0 Å². The Morgan fingerprint density at radius 1 is 1.41 bits per heavy atom. The Kier molecular flexibility index (Phi) is 6.21. The molecule has 1 unspecified atom stereocenters. The first-order valence-electron chi connectivity index (χ1n) is 5.98. The van der Waals surface area contributed by atoms with Crippen molar-refractivity contribution in [2.24, 2.45) is 5.92 Å². The van der Waals surface area contributed by atoms with E-state index in [1.165, 1.54) is 0 Å². The standard InChI is InChI=1S/C13H24FNO2/c1-7-8-9-11(10(2)3)15(14)12(16)17-13(4,5)6/h7-8,10-11H,9H2,1-6H3/b8-7+. The molecule has 0 aromatic heterocycles. The number of hydrogen-bond acceptors (Lipinski definition) is 2. The summed E-state index contributed by atoms with van der Waals surface area (Å²) in [5.74, 6) is 0.0312. The molecule has 100 valence electrons. The normalized spacial score (nSPS) is 14.1. The molecule has 0 aliphatic carbocycles. The van der Waals surface area contributed by atoms with Gasteiger partial charge in [0.2, 0.25) is 0 Å². The smallest absolute Gasteiger partial charge is 0.438 e. The second kappa shape index (κ2) is 6.62. The number of amides is 1. The third-order valence-corrected chi connectivity index (χ3v) is 2.24. The first-order chi connectivity index (χ1) is 7.69. The summed E-state index contributed by atoms with van der Waals surface area (Å²) in [5, 5.41) is 0.204. The summed E-state index contributed by atoms with van der Waals surface area (Å²) < 4.78 is 18.9. The molecule has 0 rings (SSSR count). The van der Waals surface area contributed by atoms with E-state index >= 15 is 0 Å². The van der Waals surface area contributed by atoms with Gasteiger partial charge in [-0.1, -0.05) is 30.5 Å². The van der Waals surface area contributed by atoms with Crippen molar-refractivity contribution in [3.8, 4) is 0 Å². The van der Waals surface area contributed by atoms with Crippen LogP contribution in [0.25, 0.3) is 0 Å². The molecule has 1 atom stereocenters. The van der Waals surface area contributed by atoms with Crippen molar-refractivity contribution in [1.82, 2.24) is 5.12 Å². The SMILES string of the molecule is C/C=C/CC(C(C)C)N(F)C(=O)OC(C)(C)C. The van der Waals surface area contributed by atoms with Gasteiger partial charge in [0.05, 0.1) is 6.04 Å². The molecule has 0 spiro atoms. The lowest BCUT2D eigenvalue weighted by Gasteiger charge is -2.28. The molecule has 0 aliphatic rings. The van der Waals surface area contributed by atoms with E-state index in [0.29, 0.717) is 6.42 Å². The molecule has 0 aliphatic heterocycles. The summed E-state index contributed by atoms with van der Waals surface area (Å²) in [6, 6.07) is -0.485. The van der Waals surface area contributed by atoms with Crippen LogP contribution in [0.15, 0.2) is 12.2 Å². The van der Waals surface area contributed by atoms with Crippen molar-refractivity contribution in [2.45, 2.75) is 59.6 Å². The number of carbonyl (C=O) groups excluding carboxylic acids is 1. The number of halogens is 1. The van der Waals surface area contributed by atoms with Crippen LogP contribution in [0.5, 0.6) is 0 Å². The highest BCUT2D eigenvalue weighted by molar-refractivity contribution is 5.67. The Labute approximate surface area is 104 Å². The van der Waals surface area contributed by atoms with E-state index in [1.807, 2.05) is 32.9 Å². The molecule has 0 saturated heterocycles. The van der Waals surface area contributed by atoms with E-state index in [9.17, 15) is 9.28 Å². The Morgan fingerprint density at radius 3 is 2.29 bits per heavy atom. The van der Waals surface area contributed by atoms with Crippen LogP contribution in [0.4, 0.5) is 9.28 Å². The number of ether oxygens (including phenoxy) is 1. The minimum Gasteiger partial charge on any atom is -0.442 e. The fourth-order valence-electron chi connectivity index (χ4n) is 1.34. The quantitative estimate of drug-likeness (QED) is 0.551. The summed E-state index contributed by atoms with van der Waals surface area (Å²) in [6.45, 7) is 10.8. The van der Waals surface area contributed by atoms with Crippen LogP contribution in [-0.2, 0) is 4.74 Å². The van der Waals surface area contributed by atoms with Crippen molar-refractivity contribution in [3.05, 3.63) is 12.2 Å². The fraction of sp³-hybridized carbons (Fsp3) is 0.769. The molecule has 3 nitrogen and oxygen atoms in total. The maximum Gasteiger partial charge on any atom is 0.438 e. The lowest BCUT2D eigenvalue weighted by atomic mass is 10.0. The third kappa shape index (κ3) is 6.29. The number of rotatable bonds is 4. The van der Waals surface area contributed by atoms with Crippen LogP contribution in [0, 0.1) is 5.92 Å². The minimum absolute atomic E-state index is 0.0312. The zero-order valence-electron chi connectivity index (χ0n) is 11.7. The molecule has 0 saturated carbocycles. The molecule has 17 heavy (non-hydrogen) atoms. The third-order valence-electron chi connectivity index (χ3n) is 2.24. The van der Waals surface area contributed by atoms with Crippen LogP contribution in [-0.4, -0.2) is 22.9 Å². The second-order valence-corrected chi connectivity index (χ2v) is 5.41. The Bertz CT molecular complexity index is 269. The number of nitrogens with zero attached hydrogens (tertiary/aromatic N) is 1. The van der Waals surface area contributed by atoms with Gasteiger partial charge in [-0.05, 0) is 40.0 Å². The Morgan fingerprint density at radius 2 is 1.94 bits per heavy atom. The van der Waals surface area contributed by atoms with Gasteiger partial charge in [0.15, 0.2) is 0 Å². The van der Waals surface area contributed by atoms with Gasteiger partial charge in [0, 0.05) is 0 Å². The van der Waals surface area contributed by atoms with Gasteiger partial charge >= 0.3 is 6.09 Å². The van der Waals surface area contributed by atoms with Gasteiger partial charge in [-0.15, -0.1) is 5.12 Å². The predicted molar refractivity (Wildman–Crippen MR) is 67.2 cm³/mol. The fourth-order valence-corrected chi connectivity index (χ4v) is 1.34. The topological polar surface area (TPSA) is 29.5 Å². The van der Waals surface area contributed by atoms with Crippen molar-refractivity contribution < 1.29 is 14.0 Å². The second-order valence-electron chi connectivity index (χ2n) is 5.41. The van der Waals surface area contributed by atoms with Gasteiger partial charge < -0.3 is 4.74 Å². The molecule has 1 amide bonds. The van der Waals surface area contributed by atoms with Gasteiger partial charge in [-0.3, -0.25) is 0 Å². The summed E-state index contributed by atoms with van der Waals surface area (Å²) in [7, 11) is 0. The van der Waals surface area contributed by atoms with Gasteiger partial charge in [0.1, 0.15) is 5.60 Å². The first kappa shape index (κ1) is 15.9. The maximum atomic E-state index is 13.9. The molecule has 4 heteroatoms. The van der Waals surface area contributed by atoms with Crippen LogP contribution in [0.2, 0.25) is 0 Å². The van der Waals surface area contributed by atoms with Gasteiger partial charge in [-0.25, -0.2) is 4.79 Å². The number of allylic oxidation sites excluding steroid dienone is 1. The first-order valence-corrected chi connectivity index (χ1v) is 5.98. The molecule has 0 radical (unpaired) electrons. The van der Waals surface area contributed by atoms with Gasteiger partial charge in [-0.2, -0.15) is 0 Å². The average Bonchev–Trinajstić information content (AvgIpc) is 2.14. The lowest BCUT2D eigenvalue weighted by Crippen LogP contribution is -2.40. The summed E-state index contributed by atoms with van der Waals surface area (Å²) >= 11 is 0. The Hall–Kier alpha value is -1.06. The monoisotopic (exact) mass is 245 g/mol. The maximum absolute atomic E-state index is 13.9. The van der Waals surface area contributed by atoms with Gasteiger partial charge in [0.25, 0.3) is 0 Å². The van der Waals surface area contributed by atoms with E-state index in [-0.39, 0.29) is 11.0 Å². The molecule has 0 aromatic carbocycles. The highest BCUT2D eigenvalue weighted by Crippen LogP contribution is 2.19. The van der Waals surface area contributed by atoms with Crippen LogP contribution in [0.1, 0.15) is 48.0 Å². The van der Waals surface area contributed by atoms with Crippen molar-refractivity contribution in [3.63, 3.8) is 0 Å². The average molecular weight is 245 g/mol. The summed E-state index contributed by atoms with van der Waals surface area (Å²) in [5.41, 5.74) is -0.677. The van der Waals surface area contributed by atoms with E-state index in [2.05, 4.69) is 0 Å². The van der Waals surface area contributed by atoms with E-state index in [1.54, 1.807) is 20.8 Å². The number of hydrogen-bond donors (Lipinski definition) is 0. The summed E-state index contributed by atoms with van der Waals surface area (Å²) in [6.07, 6.45) is 3.27. The highest BCUT2D eigenvalue weighted by atomic mass is 19.2. The molecular weight excluding hydrogens is 221 g/mol. The van der Waals surface area contributed by atoms with Crippen molar-refractivity contribution in [1.29, 1.82) is 0 Å².